The van der Waals surface area contributed by atoms with Gasteiger partial charge < -0.3 is 86.2 Å². The Hall–Kier alpha value is -1.23. The van der Waals surface area contributed by atoms with E-state index in [4.69, 9.17) is 56.0 Å². The standard InChI is InChI=1S/2C26H54O3P.4C12H21O3.Ti/c2*1-3-5-7-9-11-13-15-17-19-21-23-25-28-30(27)29-26-24-22-20-18-16-14-12-10-8-6-4-2;4*1-4-7-14-10-12(6-3,9-13)11-15-8-5-2;/h2*3-26H2,1-2H3;4*4-5H,1-2,6-11H2,3H3;/q6*-1;+4/p+1. The van der Waals surface area contributed by atoms with Crippen molar-refractivity contribution in [3.63, 3.8) is 0 Å². The molecule has 0 saturated heterocycles. The first kappa shape index (κ1) is 133. The van der Waals surface area contributed by atoms with E-state index in [-0.39, 0.29) is 49.6 Å². The zero-order valence-corrected chi connectivity index (χ0v) is 83.3. The van der Waals surface area contributed by atoms with Crippen molar-refractivity contribution in [1.82, 2.24) is 0 Å². The summed E-state index contributed by atoms with van der Waals surface area (Å²) < 4.78 is 63.9. The molecule has 0 aromatic carbocycles. The van der Waals surface area contributed by atoms with Crippen molar-refractivity contribution in [2.45, 2.75) is 364 Å². The summed E-state index contributed by atoms with van der Waals surface area (Å²) in [4.78, 5) is 23.4. The SMILES string of the molecule is C=CCOCC(CC)(C[O-])COCC=C.C=CCOCC(CC)(C[O-])COCC=C.C=CCOCC(CC)(C[O-])COCC=C.C=CCOCC(CC)(C[O-])COCC=C.CCCCCCCCCCCCCOP([O-])OCCCCCCCCCCCCC.CCCCCCCCCCCCCOP([O-])OCCCCCCCCCCCCC.[H+].[Ti+4]. The number of hydrogen-bond donors (Lipinski definition) is 0. The van der Waals surface area contributed by atoms with Crippen LogP contribution in [0.2, 0.25) is 0 Å². The van der Waals surface area contributed by atoms with Crippen molar-refractivity contribution in [2.75, 3.05) is 159 Å². The minimum Gasteiger partial charge on any atom is -0.854 e. The molecule has 716 valence electrons. The van der Waals surface area contributed by atoms with Gasteiger partial charge >= 0.3 is 23.1 Å². The Balaban J connectivity index is -0.000000219. The fourth-order valence-corrected chi connectivity index (χ4v) is 13.6. The van der Waals surface area contributed by atoms with E-state index in [0.717, 1.165) is 51.4 Å². The Morgan fingerprint density at radius 1 is 0.215 bits per heavy atom. The average molecular weight is 1790 g/mol. The summed E-state index contributed by atoms with van der Waals surface area (Å²) in [7, 11) is -3.81. The molecule has 0 amide bonds. The topological polar surface area (TPSA) is 249 Å². The quantitative estimate of drug-likeness (QED) is 0.0237. The van der Waals surface area contributed by atoms with Crippen LogP contribution in [0.5, 0.6) is 0 Å². The second-order valence-electron chi connectivity index (χ2n) is 32.3. The van der Waals surface area contributed by atoms with Crippen LogP contribution in [0.15, 0.2) is 101 Å². The molecule has 0 bridgehead atoms. The van der Waals surface area contributed by atoms with Crippen molar-refractivity contribution in [1.29, 1.82) is 0 Å². The van der Waals surface area contributed by atoms with Crippen LogP contribution in [0, 0.1) is 21.7 Å². The van der Waals surface area contributed by atoms with Gasteiger partial charge in [0.15, 0.2) is 0 Å². The minimum atomic E-state index is -1.91. The molecule has 0 saturated carbocycles. The van der Waals surface area contributed by atoms with Gasteiger partial charge in [0.25, 0.3) is 0 Å². The molecular formula is C100H193O18P2Ti-. The van der Waals surface area contributed by atoms with Crippen LogP contribution < -0.4 is 30.2 Å². The van der Waals surface area contributed by atoms with Gasteiger partial charge in [-0.15, -0.1) is 79.1 Å². The maximum atomic E-state index is 11.7. The summed E-state index contributed by atoms with van der Waals surface area (Å²) in [6.07, 6.45) is 74.4. The maximum Gasteiger partial charge on any atom is 4.00 e. The Kier molecular flexibility index (Phi) is 124. The number of hydrogen-bond acceptors (Lipinski definition) is 18. The molecule has 0 aromatic heterocycles. The molecule has 0 N–H and O–H groups in total. The minimum absolute atomic E-state index is 0. The van der Waals surface area contributed by atoms with Gasteiger partial charge in [-0.05, 0) is 51.4 Å². The molecule has 18 nitrogen and oxygen atoms in total. The Morgan fingerprint density at radius 3 is 0.430 bits per heavy atom. The molecule has 121 heavy (non-hydrogen) atoms. The van der Waals surface area contributed by atoms with Crippen LogP contribution >= 0.6 is 17.2 Å². The molecule has 0 fully saturated rings. The van der Waals surface area contributed by atoms with Crippen LogP contribution in [0.25, 0.3) is 0 Å². The van der Waals surface area contributed by atoms with Gasteiger partial charge in [0.05, 0.1) is 149 Å². The first-order chi connectivity index (χ1) is 58.6. The van der Waals surface area contributed by atoms with E-state index >= 15 is 0 Å². The third kappa shape index (κ3) is 101. The zero-order chi connectivity index (χ0) is 90.2. The van der Waals surface area contributed by atoms with Gasteiger partial charge in [-0.1, -0.05) is 361 Å². The van der Waals surface area contributed by atoms with Crippen molar-refractivity contribution in [2.24, 2.45) is 21.7 Å². The molecule has 0 aliphatic carbocycles. The Morgan fingerprint density at radius 2 is 0.331 bits per heavy atom. The third-order valence-corrected chi connectivity index (χ3v) is 22.7. The van der Waals surface area contributed by atoms with E-state index in [1.807, 2.05) is 27.7 Å². The van der Waals surface area contributed by atoms with Gasteiger partial charge in [-0.25, -0.2) is 0 Å². The summed E-state index contributed by atoms with van der Waals surface area (Å²) in [5.41, 5.74) is -1.64. The molecule has 0 heterocycles. The zero-order valence-electron chi connectivity index (χ0n) is 80.9. The Bertz CT molecular complexity index is 1690. The second-order valence-corrected chi connectivity index (χ2v) is 34.3. The van der Waals surface area contributed by atoms with Crippen LogP contribution in [0.1, 0.15) is 365 Å². The van der Waals surface area contributed by atoms with Crippen molar-refractivity contribution in [3.8, 4) is 0 Å². The van der Waals surface area contributed by atoms with E-state index in [0.29, 0.717) is 132 Å². The molecule has 0 radical (unpaired) electrons. The Labute approximate surface area is 767 Å². The van der Waals surface area contributed by atoms with Crippen molar-refractivity contribution in [3.05, 3.63) is 101 Å². The fraction of sp³-hybridized carbons (Fsp3) is 0.840. The summed E-state index contributed by atoms with van der Waals surface area (Å²) in [5, 5.41) is 44.6. The largest absolute Gasteiger partial charge is 4.00 e. The van der Waals surface area contributed by atoms with E-state index < -0.39 is 38.9 Å². The molecule has 0 spiro atoms. The summed E-state index contributed by atoms with van der Waals surface area (Å²) in [6, 6.07) is 0. The molecule has 0 rings (SSSR count). The van der Waals surface area contributed by atoms with E-state index in [9.17, 15) is 30.2 Å². The molecule has 0 aromatic rings. The van der Waals surface area contributed by atoms with Crippen molar-refractivity contribution < 1.29 is 109 Å². The molecular weight excluding hydrogens is 1600 g/mol. The second kappa shape index (κ2) is 113. The fourth-order valence-electron chi connectivity index (χ4n) is 12.3. The number of unbranched alkanes of at least 4 members (excludes halogenated alkanes) is 40. The van der Waals surface area contributed by atoms with E-state index in [1.165, 1.54) is 257 Å². The van der Waals surface area contributed by atoms with Crippen LogP contribution in [-0.2, 0) is 77.7 Å². The van der Waals surface area contributed by atoms with Gasteiger partial charge in [0, 0.05) is 21.7 Å². The van der Waals surface area contributed by atoms with Gasteiger partial charge in [0.2, 0.25) is 0 Å². The first-order valence-electron chi connectivity index (χ1n) is 47.9. The predicted molar refractivity (Wildman–Crippen MR) is 503 cm³/mol. The smallest absolute Gasteiger partial charge is 0.854 e. The van der Waals surface area contributed by atoms with E-state index in [2.05, 4.69) is 80.3 Å². The molecule has 0 aliphatic rings. The van der Waals surface area contributed by atoms with Gasteiger partial charge in [0.1, 0.15) is 0 Å². The third-order valence-electron chi connectivity index (χ3n) is 21.2. The normalized spacial score (nSPS) is 11.4. The van der Waals surface area contributed by atoms with Crippen LogP contribution in [0.3, 0.4) is 0 Å². The first-order valence-corrected chi connectivity index (χ1v) is 50.1. The molecule has 0 aliphatic heterocycles. The maximum absolute atomic E-state index is 11.7. The summed E-state index contributed by atoms with van der Waals surface area (Å²) >= 11 is 0. The van der Waals surface area contributed by atoms with E-state index in [1.54, 1.807) is 48.6 Å². The summed E-state index contributed by atoms with van der Waals surface area (Å²) in [5.74, 6) is 0. The summed E-state index contributed by atoms with van der Waals surface area (Å²) in [6.45, 7) is 54.3. The predicted octanol–water partition coefficient (Wildman–Crippen LogP) is 23.2. The van der Waals surface area contributed by atoms with Crippen molar-refractivity contribution >= 4 is 17.2 Å². The monoisotopic (exact) mass is 1790 g/mol. The van der Waals surface area contributed by atoms with Crippen LogP contribution in [0.4, 0.5) is 0 Å². The van der Waals surface area contributed by atoms with Gasteiger partial charge in [-0.3, -0.25) is 0 Å². The molecule has 21 heteroatoms. The average Bonchev–Trinajstić information content (AvgIpc) is 0.909. The van der Waals surface area contributed by atoms with Crippen LogP contribution in [-0.4, -0.2) is 159 Å². The molecule has 0 unspecified atom stereocenters. The van der Waals surface area contributed by atoms with Gasteiger partial charge in [-0.2, -0.15) is 0 Å². The molecule has 0 atom stereocenters. The number of rotatable bonds is 92. The number of ether oxygens (including phenoxy) is 8.